The Balaban J connectivity index is 2.69. The smallest absolute Gasteiger partial charge is 0.123 e. The molecule has 1 rings (SSSR count). The average Bonchev–Trinajstić information content (AvgIpc) is 2.34. The first-order chi connectivity index (χ1) is 9.31. The lowest BCUT2D eigenvalue weighted by Crippen LogP contribution is -2.35. The zero-order valence-electron chi connectivity index (χ0n) is 13.4. The number of nitrogens with one attached hydrogen (secondary N) is 1. The van der Waals surface area contributed by atoms with Crippen LogP contribution in [0.4, 0.5) is 0 Å². The Morgan fingerprint density at radius 3 is 2.60 bits per heavy atom. The fourth-order valence-electron chi connectivity index (χ4n) is 2.00. The summed E-state index contributed by atoms with van der Waals surface area (Å²) >= 11 is 6.10. The summed E-state index contributed by atoms with van der Waals surface area (Å²) in [5, 5.41) is 4.23. The summed E-state index contributed by atoms with van der Waals surface area (Å²) in [6, 6.07) is 5.85. The Labute approximate surface area is 128 Å². The first-order valence-corrected chi connectivity index (χ1v) is 7.86. The highest BCUT2D eigenvalue weighted by Crippen LogP contribution is 2.24. The predicted octanol–water partition coefficient (Wildman–Crippen LogP) is 5.04. The summed E-state index contributed by atoms with van der Waals surface area (Å²) < 4.78 is 5.97. The standard InChI is InChI=1S/C17H28ClNO/c1-6-7-13(2)12-20-16-9-8-15(18)10-14(16)11-19-17(3,4)5/h8-10,13,19H,6-7,11-12H2,1-5H3. The topological polar surface area (TPSA) is 21.3 Å². The van der Waals surface area contributed by atoms with Gasteiger partial charge in [-0.15, -0.1) is 0 Å². The fraction of sp³-hybridized carbons (Fsp3) is 0.647. The van der Waals surface area contributed by atoms with Gasteiger partial charge in [0.15, 0.2) is 0 Å². The first-order valence-electron chi connectivity index (χ1n) is 7.48. The minimum Gasteiger partial charge on any atom is -0.493 e. The van der Waals surface area contributed by atoms with Crippen LogP contribution in [0, 0.1) is 5.92 Å². The maximum atomic E-state index is 6.10. The van der Waals surface area contributed by atoms with Gasteiger partial charge in [0.2, 0.25) is 0 Å². The van der Waals surface area contributed by atoms with Gasteiger partial charge in [-0.05, 0) is 51.3 Å². The molecule has 20 heavy (non-hydrogen) atoms. The molecule has 0 fully saturated rings. The molecule has 0 aliphatic carbocycles. The molecule has 0 aromatic heterocycles. The molecule has 1 atom stereocenters. The largest absolute Gasteiger partial charge is 0.493 e. The zero-order valence-corrected chi connectivity index (χ0v) is 14.2. The van der Waals surface area contributed by atoms with Crippen molar-refractivity contribution < 1.29 is 4.74 Å². The Kier molecular flexibility index (Phi) is 6.84. The summed E-state index contributed by atoms with van der Waals surface area (Å²) in [5.41, 5.74) is 1.20. The molecule has 0 amide bonds. The number of rotatable bonds is 7. The van der Waals surface area contributed by atoms with E-state index in [1.807, 2.05) is 18.2 Å². The van der Waals surface area contributed by atoms with Crippen molar-refractivity contribution in [2.75, 3.05) is 6.61 Å². The molecule has 0 bridgehead atoms. The van der Waals surface area contributed by atoms with Gasteiger partial charge in [0.05, 0.1) is 6.61 Å². The quantitative estimate of drug-likeness (QED) is 0.761. The molecule has 0 saturated carbocycles. The molecule has 0 aliphatic rings. The lowest BCUT2D eigenvalue weighted by Gasteiger charge is -2.22. The van der Waals surface area contributed by atoms with Crippen LogP contribution in [0.3, 0.4) is 0 Å². The highest BCUT2D eigenvalue weighted by molar-refractivity contribution is 6.30. The second kappa shape index (κ2) is 7.90. The summed E-state index contributed by atoms with van der Waals surface area (Å²) in [6.07, 6.45) is 2.40. The summed E-state index contributed by atoms with van der Waals surface area (Å²) in [7, 11) is 0. The fourth-order valence-corrected chi connectivity index (χ4v) is 2.19. The highest BCUT2D eigenvalue weighted by Gasteiger charge is 2.12. The molecule has 1 unspecified atom stereocenters. The van der Waals surface area contributed by atoms with Crippen LogP contribution in [0.2, 0.25) is 5.02 Å². The van der Waals surface area contributed by atoms with E-state index in [1.54, 1.807) is 0 Å². The molecule has 0 heterocycles. The third-order valence-corrected chi connectivity index (χ3v) is 3.37. The van der Waals surface area contributed by atoms with Crippen LogP contribution in [-0.2, 0) is 6.54 Å². The molecule has 0 radical (unpaired) electrons. The molecule has 3 heteroatoms. The zero-order chi connectivity index (χ0) is 15.2. The van der Waals surface area contributed by atoms with Crippen molar-refractivity contribution in [1.82, 2.24) is 5.32 Å². The van der Waals surface area contributed by atoms with Gasteiger partial charge in [-0.25, -0.2) is 0 Å². The van der Waals surface area contributed by atoms with Crippen LogP contribution in [0.1, 0.15) is 53.0 Å². The van der Waals surface area contributed by atoms with Crippen molar-refractivity contribution in [2.24, 2.45) is 5.92 Å². The van der Waals surface area contributed by atoms with Gasteiger partial charge in [0, 0.05) is 22.7 Å². The third kappa shape index (κ3) is 6.62. The normalized spacial score (nSPS) is 13.3. The van der Waals surface area contributed by atoms with E-state index in [2.05, 4.69) is 39.9 Å². The van der Waals surface area contributed by atoms with Gasteiger partial charge in [0.25, 0.3) is 0 Å². The SMILES string of the molecule is CCCC(C)COc1ccc(Cl)cc1CNC(C)(C)C. The Morgan fingerprint density at radius 1 is 1.30 bits per heavy atom. The maximum absolute atomic E-state index is 6.10. The Morgan fingerprint density at radius 2 is 2.00 bits per heavy atom. The van der Waals surface area contributed by atoms with Crippen LogP contribution in [0.5, 0.6) is 5.75 Å². The van der Waals surface area contributed by atoms with Crippen molar-refractivity contribution in [1.29, 1.82) is 0 Å². The molecule has 114 valence electrons. The van der Waals surface area contributed by atoms with Crippen LogP contribution in [-0.4, -0.2) is 12.1 Å². The van der Waals surface area contributed by atoms with E-state index in [0.717, 1.165) is 29.5 Å². The van der Waals surface area contributed by atoms with Gasteiger partial charge in [0.1, 0.15) is 5.75 Å². The van der Waals surface area contributed by atoms with E-state index in [4.69, 9.17) is 16.3 Å². The van der Waals surface area contributed by atoms with Crippen molar-refractivity contribution >= 4 is 11.6 Å². The number of hydrogen-bond acceptors (Lipinski definition) is 2. The summed E-state index contributed by atoms with van der Waals surface area (Å²) in [5.74, 6) is 1.52. The lowest BCUT2D eigenvalue weighted by atomic mass is 10.1. The third-order valence-electron chi connectivity index (χ3n) is 3.14. The van der Waals surface area contributed by atoms with E-state index in [1.165, 1.54) is 12.8 Å². The molecule has 2 nitrogen and oxygen atoms in total. The van der Waals surface area contributed by atoms with Crippen molar-refractivity contribution in [2.45, 2.75) is 59.5 Å². The summed E-state index contributed by atoms with van der Waals surface area (Å²) in [4.78, 5) is 0. The molecule has 0 aliphatic heterocycles. The van der Waals surface area contributed by atoms with Gasteiger partial charge < -0.3 is 10.1 Å². The van der Waals surface area contributed by atoms with E-state index in [9.17, 15) is 0 Å². The van der Waals surface area contributed by atoms with Crippen molar-refractivity contribution in [3.8, 4) is 5.75 Å². The predicted molar refractivity (Wildman–Crippen MR) is 87.6 cm³/mol. The number of benzene rings is 1. The number of ether oxygens (including phenoxy) is 1. The second-order valence-electron chi connectivity index (χ2n) is 6.56. The molecule has 1 N–H and O–H groups in total. The van der Waals surface area contributed by atoms with E-state index >= 15 is 0 Å². The van der Waals surface area contributed by atoms with E-state index < -0.39 is 0 Å². The number of hydrogen-bond donors (Lipinski definition) is 1. The Bertz CT molecular complexity index is 412. The van der Waals surface area contributed by atoms with Gasteiger partial charge in [-0.2, -0.15) is 0 Å². The minimum absolute atomic E-state index is 0.0785. The lowest BCUT2D eigenvalue weighted by molar-refractivity contribution is 0.248. The van der Waals surface area contributed by atoms with E-state index in [-0.39, 0.29) is 5.54 Å². The van der Waals surface area contributed by atoms with Crippen molar-refractivity contribution in [3.05, 3.63) is 28.8 Å². The number of halogens is 1. The molecule has 0 spiro atoms. The maximum Gasteiger partial charge on any atom is 0.123 e. The average molecular weight is 298 g/mol. The van der Waals surface area contributed by atoms with E-state index in [0.29, 0.717) is 5.92 Å². The molecule has 1 aromatic rings. The summed E-state index contributed by atoms with van der Waals surface area (Å²) in [6.45, 7) is 12.4. The molecule has 1 aromatic carbocycles. The molecular weight excluding hydrogens is 270 g/mol. The van der Waals surface area contributed by atoms with Crippen LogP contribution < -0.4 is 10.1 Å². The van der Waals surface area contributed by atoms with Crippen LogP contribution in [0.15, 0.2) is 18.2 Å². The van der Waals surface area contributed by atoms with Crippen LogP contribution >= 0.6 is 11.6 Å². The molecular formula is C17H28ClNO. The van der Waals surface area contributed by atoms with Crippen LogP contribution in [0.25, 0.3) is 0 Å². The molecule has 0 saturated heterocycles. The highest BCUT2D eigenvalue weighted by atomic mass is 35.5. The van der Waals surface area contributed by atoms with Gasteiger partial charge >= 0.3 is 0 Å². The van der Waals surface area contributed by atoms with Gasteiger partial charge in [-0.1, -0.05) is 31.9 Å². The Hall–Kier alpha value is -0.730. The monoisotopic (exact) mass is 297 g/mol. The minimum atomic E-state index is 0.0785. The van der Waals surface area contributed by atoms with Gasteiger partial charge in [-0.3, -0.25) is 0 Å². The second-order valence-corrected chi connectivity index (χ2v) is 7.00. The first kappa shape index (κ1) is 17.3. The van der Waals surface area contributed by atoms with Crippen molar-refractivity contribution in [3.63, 3.8) is 0 Å².